The molecule has 1 aliphatic rings. The van der Waals surface area contributed by atoms with E-state index in [9.17, 15) is 5.11 Å². The summed E-state index contributed by atoms with van der Waals surface area (Å²) in [6.07, 6.45) is 3.23. The van der Waals surface area contributed by atoms with Crippen molar-refractivity contribution in [2.45, 2.75) is 31.5 Å². The maximum absolute atomic E-state index is 10.3. The third kappa shape index (κ3) is 1.75. The molecule has 2 heterocycles. The van der Waals surface area contributed by atoms with Gasteiger partial charge in [0, 0.05) is 19.0 Å². The van der Waals surface area contributed by atoms with E-state index >= 15 is 0 Å². The maximum Gasteiger partial charge on any atom is 0.105 e. The molecule has 1 fully saturated rings. The van der Waals surface area contributed by atoms with Crippen molar-refractivity contribution in [3.8, 4) is 0 Å². The zero-order valence-electron chi connectivity index (χ0n) is 7.56. The Morgan fingerprint density at radius 2 is 2.62 bits per heavy atom. The Balaban J connectivity index is 2.20. The average molecular weight is 199 g/mol. The van der Waals surface area contributed by atoms with Crippen molar-refractivity contribution in [3.63, 3.8) is 0 Å². The van der Waals surface area contributed by atoms with Gasteiger partial charge in [-0.05, 0) is 24.5 Å². The molecule has 2 rings (SSSR count). The first-order chi connectivity index (χ1) is 6.21. The van der Waals surface area contributed by atoms with E-state index in [2.05, 4.69) is 4.37 Å². The van der Waals surface area contributed by atoms with Gasteiger partial charge >= 0.3 is 0 Å². The van der Waals surface area contributed by atoms with E-state index in [4.69, 9.17) is 4.74 Å². The smallest absolute Gasteiger partial charge is 0.105 e. The summed E-state index contributed by atoms with van der Waals surface area (Å²) in [7, 11) is 0. The van der Waals surface area contributed by atoms with E-state index in [1.54, 1.807) is 6.20 Å². The van der Waals surface area contributed by atoms with Crippen LogP contribution in [0.2, 0.25) is 0 Å². The number of ether oxygens (including phenoxy) is 1. The highest BCUT2D eigenvalue weighted by atomic mass is 32.1. The lowest BCUT2D eigenvalue weighted by Crippen LogP contribution is -2.36. The number of aromatic nitrogens is 1. The highest BCUT2D eigenvalue weighted by Gasteiger charge is 2.36. The fourth-order valence-corrected chi connectivity index (χ4v) is 2.46. The van der Waals surface area contributed by atoms with Crippen LogP contribution in [0.15, 0.2) is 12.3 Å². The second kappa shape index (κ2) is 3.36. The summed E-state index contributed by atoms with van der Waals surface area (Å²) in [6, 6.07) is 1.89. The van der Waals surface area contributed by atoms with Gasteiger partial charge in [0.2, 0.25) is 0 Å². The number of aliphatic hydroxyl groups is 1. The number of hydrogen-bond donors (Lipinski definition) is 1. The van der Waals surface area contributed by atoms with Gasteiger partial charge in [-0.3, -0.25) is 0 Å². The van der Waals surface area contributed by atoms with E-state index in [0.29, 0.717) is 19.4 Å². The molecule has 72 valence electrons. The van der Waals surface area contributed by atoms with Crippen LogP contribution in [0.3, 0.4) is 0 Å². The van der Waals surface area contributed by atoms with Gasteiger partial charge in [-0.25, -0.2) is 4.37 Å². The molecule has 0 aliphatic carbocycles. The van der Waals surface area contributed by atoms with Crippen LogP contribution < -0.4 is 0 Å². The van der Waals surface area contributed by atoms with Gasteiger partial charge in [0.15, 0.2) is 0 Å². The molecule has 4 heteroatoms. The second-order valence-corrected chi connectivity index (χ2v) is 4.38. The Kier molecular flexibility index (Phi) is 2.36. The summed E-state index contributed by atoms with van der Waals surface area (Å²) >= 11 is 1.37. The minimum absolute atomic E-state index is 0.140. The Labute approximate surface area is 81.5 Å². The normalized spacial score (nSPS) is 34.8. The Morgan fingerprint density at radius 1 is 1.77 bits per heavy atom. The quantitative estimate of drug-likeness (QED) is 0.745. The van der Waals surface area contributed by atoms with Gasteiger partial charge in [-0.1, -0.05) is 0 Å². The summed E-state index contributed by atoms with van der Waals surface area (Å²) < 4.78 is 9.40. The largest absolute Gasteiger partial charge is 0.384 e. The summed E-state index contributed by atoms with van der Waals surface area (Å²) in [6.45, 7) is 2.63. The molecule has 2 unspecified atom stereocenters. The van der Waals surface area contributed by atoms with Crippen molar-refractivity contribution in [3.05, 3.63) is 17.1 Å². The molecule has 0 radical (unpaired) electrons. The average Bonchev–Trinajstić information content (AvgIpc) is 2.55. The van der Waals surface area contributed by atoms with Crippen molar-refractivity contribution in [2.24, 2.45) is 0 Å². The van der Waals surface area contributed by atoms with Crippen molar-refractivity contribution in [2.75, 3.05) is 6.61 Å². The summed E-state index contributed by atoms with van der Waals surface area (Å²) in [5, 5.41) is 10.3. The summed E-state index contributed by atoms with van der Waals surface area (Å²) in [4.78, 5) is 0.961. The Morgan fingerprint density at radius 3 is 3.23 bits per heavy atom. The first-order valence-electron chi connectivity index (χ1n) is 4.46. The van der Waals surface area contributed by atoms with Crippen LogP contribution in [0.4, 0.5) is 0 Å². The molecule has 1 saturated heterocycles. The molecule has 1 aliphatic heterocycles. The van der Waals surface area contributed by atoms with Crippen molar-refractivity contribution in [1.29, 1.82) is 0 Å². The van der Waals surface area contributed by atoms with Crippen LogP contribution in [0.5, 0.6) is 0 Å². The molecular formula is C9H13NO2S. The van der Waals surface area contributed by atoms with E-state index in [1.165, 1.54) is 11.5 Å². The molecule has 1 aromatic rings. The molecule has 0 aromatic carbocycles. The lowest BCUT2D eigenvalue weighted by atomic mass is 9.89. The molecule has 2 atom stereocenters. The molecule has 0 bridgehead atoms. The van der Waals surface area contributed by atoms with Crippen LogP contribution in [0.1, 0.15) is 24.6 Å². The van der Waals surface area contributed by atoms with Crippen LogP contribution >= 0.6 is 11.5 Å². The number of rotatable bonds is 1. The molecule has 3 nitrogen and oxygen atoms in total. The minimum Gasteiger partial charge on any atom is -0.384 e. The standard InChI is InChI=1S/C9H13NO2S/c1-7-6-9(11,3-5-12-7)8-2-4-10-13-8/h2,4,7,11H,3,5-6H2,1H3. The first kappa shape index (κ1) is 9.12. The maximum atomic E-state index is 10.3. The van der Waals surface area contributed by atoms with Crippen molar-refractivity contribution in [1.82, 2.24) is 4.37 Å². The van der Waals surface area contributed by atoms with Crippen LogP contribution in [0, 0.1) is 0 Å². The van der Waals surface area contributed by atoms with Crippen LogP contribution in [-0.4, -0.2) is 22.2 Å². The third-order valence-electron chi connectivity index (χ3n) is 2.44. The number of hydrogen-bond acceptors (Lipinski definition) is 4. The Hall–Kier alpha value is -0.450. The second-order valence-electron chi connectivity index (χ2n) is 3.54. The molecule has 0 spiro atoms. The molecule has 0 amide bonds. The topological polar surface area (TPSA) is 42.4 Å². The number of nitrogens with zero attached hydrogens (tertiary/aromatic N) is 1. The van der Waals surface area contributed by atoms with E-state index in [0.717, 1.165) is 4.88 Å². The zero-order chi connectivity index (χ0) is 9.31. The Bertz CT molecular complexity index is 275. The van der Waals surface area contributed by atoms with E-state index in [1.807, 2.05) is 13.0 Å². The molecule has 1 aromatic heterocycles. The van der Waals surface area contributed by atoms with E-state index in [-0.39, 0.29) is 6.10 Å². The zero-order valence-corrected chi connectivity index (χ0v) is 8.38. The van der Waals surface area contributed by atoms with Gasteiger partial charge in [0.25, 0.3) is 0 Å². The van der Waals surface area contributed by atoms with Gasteiger partial charge in [0.1, 0.15) is 5.60 Å². The third-order valence-corrected chi connectivity index (χ3v) is 3.38. The lowest BCUT2D eigenvalue weighted by Gasteiger charge is -2.34. The van der Waals surface area contributed by atoms with Gasteiger partial charge < -0.3 is 9.84 Å². The predicted molar refractivity (Wildman–Crippen MR) is 50.7 cm³/mol. The minimum atomic E-state index is -0.696. The van der Waals surface area contributed by atoms with Crippen molar-refractivity contribution < 1.29 is 9.84 Å². The van der Waals surface area contributed by atoms with Gasteiger partial charge in [0.05, 0.1) is 17.6 Å². The van der Waals surface area contributed by atoms with Crippen molar-refractivity contribution >= 4 is 11.5 Å². The molecular weight excluding hydrogens is 186 g/mol. The molecule has 1 N–H and O–H groups in total. The van der Waals surface area contributed by atoms with Crippen LogP contribution in [0.25, 0.3) is 0 Å². The van der Waals surface area contributed by atoms with Crippen LogP contribution in [-0.2, 0) is 10.3 Å². The molecule has 13 heavy (non-hydrogen) atoms. The van der Waals surface area contributed by atoms with Gasteiger partial charge in [-0.2, -0.15) is 0 Å². The fourth-order valence-electron chi connectivity index (χ4n) is 1.75. The van der Waals surface area contributed by atoms with Gasteiger partial charge in [-0.15, -0.1) is 0 Å². The predicted octanol–water partition coefficient (Wildman–Crippen LogP) is 1.53. The fraction of sp³-hybridized carbons (Fsp3) is 0.667. The van der Waals surface area contributed by atoms with E-state index < -0.39 is 5.60 Å². The summed E-state index contributed by atoms with van der Waals surface area (Å²) in [5.74, 6) is 0. The first-order valence-corrected chi connectivity index (χ1v) is 5.23. The monoisotopic (exact) mass is 199 g/mol. The molecule has 0 saturated carbocycles. The lowest BCUT2D eigenvalue weighted by molar-refractivity contribution is -0.0994. The SMILES string of the molecule is CC1CC(O)(c2ccns2)CCO1. The highest BCUT2D eigenvalue weighted by Crippen LogP contribution is 2.35. The summed E-state index contributed by atoms with van der Waals surface area (Å²) in [5.41, 5.74) is -0.696. The highest BCUT2D eigenvalue weighted by molar-refractivity contribution is 7.05.